The standard InChI is InChI=1S/C10H23NO2S/c1-4-11-8-7-10(2)6-5-9-14(3,12)13/h10-11H,4-9H2,1-3H3. The molecule has 1 N–H and O–H groups in total. The lowest BCUT2D eigenvalue weighted by molar-refractivity contribution is 0.468. The number of hydrogen-bond donors (Lipinski definition) is 1. The molecule has 1 atom stereocenters. The predicted octanol–water partition coefficient (Wildman–Crippen LogP) is 1.45. The molecule has 0 aliphatic carbocycles. The van der Waals surface area contributed by atoms with E-state index in [1.165, 1.54) is 6.26 Å². The quantitative estimate of drug-likeness (QED) is 0.631. The van der Waals surface area contributed by atoms with Gasteiger partial charge in [-0.05, 0) is 38.3 Å². The van der Waals surface area contributed by atoms with E-state index in [0.717, 1.165) is 32.4 Å². The van der Waals surface area contributed by atoms with Crippen molar-refractivity contribution in [2.75, 3.05) is 25.1 Å². The molecular weight excluding hydrogens is 198 g/mol. The third kappa shape index (κ3) is 9.99. The SMILES string of the molecule is CCNCCC(C)CCCS(C)(=O)=O. The maximum Gasteiger partial charge on any atom is 0.147 e. The van der Waals surface area contributed by atoms with Gasteiger partial charge in [-0.3, -0.25) is 0 Å². The van der Waals surface area contributed by atoms with Crippen LogP contribution in [0, 0.1) is 5.92 Å². The Labute approximate surface area is 88.2 Å². The van der Waals surface area contributed by atoms with E-state index in [4.69, 9.17) is 0 Å². The van der Waals surface area contributed by atoms with Gasteiger partial charge in [-0.2, -0.15) is 0 Å². The third-order valence-corrected chi connectivity index (χ3v) is 3.31. The van der Waals surface area contributed by atoms with E-state index in [0.29, 0.717) is 11.7 Å². The van der Waals surface area contributed by atoms with E-state index in [1.54, 1.807) is 0 Å². The van der Waals surface area contributed by atoms with Gasteiger partial charge in [0.15, 0.2) is 0 Å². The Balaban J connectivity index is 3.40. The second-order valence-corrected chi connectivity index (χ2v) is 6.28. The molecule has 0 aliphatic rings. The van der Waals surface area contributed by atoms with Gasteiger partial charge in [-0.25, -0.2) is 8.42 Å². The first-order valence-electron chi connectivity index (χ1n) is 5.34. The van der Waals surface area contributed by atoms with Gasteiger partial charge in [0.25, 0.3) is 0 Å². The van der Waals surface area contributed by atoms with Crippen LogP contribution in [0.4, 0.5) is 0 Å². The molecule has 14 heavy (non-hydrogen) atoms. The summed E-state index contributed by atoms with van der Waals surface area (Å²) in [6.45, 7) is 6.32. The van der Waals surface area contributed by atoms with Gasteiger partial charge in [-0.15, -0.1) is 0 Å². The maximum atomic E-state index is 10.9. The summed E-state index contributed by atoms with van der Waals surface area (Å²) in [6.07, 6.45) is 4.25. The highest BCUT2D eigenvalue weighted by Gasteiger charge is 2.05. The largest absolute Gasteiger partial charge is 0.317 e. The van der Waals surface area contributed by atoms with Gasteiger partial charge in [0.05, 0.1) is 0 Å². The van der Waals surface area contributed by atoms with Crippen molar-refractivity contribution in [2.45, 2.75) is 33.1 Å². The molecule has 0 rings (SSSR count). The molecule has 0 saturated carbocycles. The molecule has 86 valence electrons. The fourth-order valence-electron chi connectivity index (χ4n) is 1.36. The second-order valence-electron chi connectivity index (χ2n) is 4.02. The number of hydrogen-bond acceptors (Lipinski definition) is 3. The Hall–Kier alpha value is -0.0900. The molecule has 0 aromatic heterocycles. The summed E-state index contributed by atoms with van der Waals surface area (Å²) in [5.74, 6) is 0.953. The van der Waals surface area contributed by atoms with Crippen molar-refractivity contribution in [1.29, 1.82) is 0 Å². The lowest BCUT2D eigenvalue weighted by atomic mass is 10.0. The highest BCUT2D eigenvalue weighted by Crippen LogP contribution is 2.10. The summed E-state index contributed by atoms with van der Waals surface area (Å²) in [4.78, 5) is 0. The third-order valence-electron chi connectivity index (χ3n) is 2.28. The topological polar surface area (TPSA) is 46.2 Å². The Kier molecular flexibility index (Phi) is 7.19. The van der Waals surface area contributed by atoms with Crippen LogP contribution in [0.25, 0.3) is 0 Å². The van der Waals surface area contributed by atoms with Crippen LogP contribution in [0.15, 0.2) is 0 Å². The van der Waals surface area contributed by atoms with E-state index < -0.39 is 9.84 Å². The van der Waals surface area contributed by atoms with Crippen LogP contribution in [0.2, 0.25) is 0 Å². The molecular formula is C10H23NO2S. The van der Waals surface area contributed by atoms with Crippen LogP contribution in [0.5, 0.6) is 0 Å². The van der Waals surface area contributed by atoms with Crippen LogP contribution in [-0.4, -0.2) is 33.5 Å². The molecule has 3 nitrogen and oxygen atoms in total. The zero-order chi connectivity index (χ0) is 11.0. The smallest absolute Gasteiger partial charge is 0.147 e. The number of rotatable bonds is 8. The van der Waals surface area contributed by atoms with Crippen molar-refractivity contribution >= 4 is 9.84 Å². The fraction of sp³-hybridized carbons (Fsp3) is 1.00. The summed E-state index contributed by atoms with van der Waals surface area (Å²) in [5.41, 5.74) is 0. The zero-order valence-corrected chi connectivity index (χ0v) is 10.4. The van der Waals surface area contributed by atoms with Crippen molar-refractivity contribution in [1.82, 2.24) is 5.32 Å². The summed E-state index contributed by atoms with van der Waals surface area (Å²) in [6, 6.07) is 0. The lowest BCUT2D eigenvalue weighted by Crippen LogP contribution is -2.16. The van der Waals surface area contributed by atoms with Gasteiger partial charge < -0.3 is 5.32 Å². The monoisotopic (exact) mass is 221 g/mol. The van der Waals surface area contributed by atoms with Crippen molar-refractivity contribution < 1.29 is 8.42 Å². The maximum absolute atomic E-state index is 10.9. The normalized spacial score (nSPS) is 14.2. The molecule has 0 saturated heterocycles. The minimum atomic E-state index is -2.76. The summed E-state index contributed by atoms with van der Waals surface area (Å²) >= 11 is 0. The van der Waals surface area contributed by atoms with Crippen molar-refractivity contribution in [2.24, 2.45) is 5.92 Å². The molecule has 0 spiro atoms. The average Bonchev–Trinajstić information content (AvgIpc) is 2.02. The van der Waals surface area contributed by atoms with Crippen molar-refractivity contribution in [3.05, 3.63) is 0 Å². The van der Waals surface area contributed by atoms with E-state index >= 15 is 0 Å². The minimum Gasteiger partial charge on any atom is -0.317 e. The molecule has 0 bridgehead atoms. The molecule has 0 aromatic carbocycles. The van der Waals surface area contributed by atoms with Gasteiger partial charge >= 0.3 is 0 Å². The van der Waals surface area contributed by atoms with Crippen LogP contribution in [0.3, 0.4) is 0 Å². The Bertz CT molecular complexity index is 224. The summed E-state index contributed by atoms with van der Waals surface area (Å²) in [7, 11) is -2.76. The van der Waals surface area contributed by atoms with Crippen molar-refractivity contribution in [3.8, 4) is 0 Å². The minimum absolute atomic E-state index is 0.332. The zero-order valence-electron chi connectivity index (χ0n) is 9.54. The first-order chi connectivity index (χ1) is 6.45. The van der Waals surface area contributed by atoms with Gasteiger partial charge in [0, 0.05) is 12.0 Å². The molecule has 0 heterocycles. The van der Waals surface area contributed by atoms with Gasteiger partial charge in [-0.1, -0.05) is 13.8 Å². The number of sulfone groups is 1. The van der Waals surface area contributed by atoms with E-state index in [2.05, 4.69) is 19.2 Å². The Morgan fingerprint density at radius 2 is 1.93 bits per heavy atom. The highest BCUT2D eigenvalue weighted by atomic mass is 32.2. The molecule has 0 radical (unpaired) electrons. The Morgan fingerprint density at radius 3 is 2.43 bits per heavy atom. The Morgan fingerprint density at radius 1 is 1.29 bits per heavy atom. The van der Waals surface area contributed by atoms with Crippen LogP contribution < -0.4 is 5.32 Å². The van der Waals surface area contributed by atoms with Crippen molar-refractivity contribution in [3.63, 3.8) is 0 Å². The molecule has 0 aliphatic heterocycles. The van der Waals surface area contributed by atoms with E-state index in [1.807, 2.05) is 0 Å². The predicted molar refractivity (Wildman–Crippen MR) is 61.3 cm³/mol. The molecule has 0 amide bonds. The molecule has 1 unspecified atom stereocenters. The fourth-order valence-corrected chi connectivity index (χ4v) is 2.05. The summed E-state index contributed by atoms with van der Waals surface area (Å²) in [5, 5.41) is 3.27. The van der Waals surface area contributed by atoms with E-state index in [-0.39, 0.29) is 0 Å². The highest BCUT2D eigenvalue weighted by molar-refractivity contribution is 7.90. The van der Waals surface area contributed by atoms with Crippen LogP contribution >= 0.6 is 0 Å². The summed E-state index contributed by atoms with van der Waals surface area (Å²) < 4.78 is 21.7. The lowest BCUT2D eigenvalue weighted by Gasteiger charge is -2.10. The van der Waals surface area contributed by atoms with Crippen LogP contribution in [-0.2, 0) is 9.84 Å². The van der Waals surface area contributed by atoms with Gasteiger partial charge in [0.2, 0.25) is 0 Å². The van der Waals surface area contributed by atoms with E-state index in [9.17, 15) is 8.42 Å². The number of nitrogens with one attached hydrogen (secondary N) is 1. The first kappa shape index (κ1) is 13.9. The molecule has 0 aromatic rings. The van der Waals surface area contributed by atoms with Gasteiger partial charge in [0.1, 0.15) is 9.84 Å². The average molecular weight is 221 g/mol. The van der Waals surface area contributed by atoms with Crippen LogP contribution in [0.1, 0.15) is 33.1 Å². The first-order valence-corrected chi connectivity index (χ1v) is 7.40. The second kappa shape index (κ2) is 7.23. The molecule has 4 heteroatoms. The molecule has 0 fully saturated rings.